The Morgan fingerprint density at radius 3 is 2.64 bits per heavy atom. The molecule has 0 saturated carbocycles. The normalized spacial score (nSPS) is 26.3. The standard InChI is InChI=1S/C16H24N4O2/c1-11-9-18-16(19-10-11)20-5-2-12(3-6-20)8-14-13(15(17)21)4-7-22-14/h9-10,12-14H,2-8H2,1H3,(H2,17,21)/t13-,14-/m1/s1. The fourth-order valence-electron chi connectivity index (χ4n) is 3.45. The van der Waals surface area contributed by atoms with Crippen molar-refractivity contribution < 1.29 is 9.53 Å². The zero-order valence-corrected chi connectivity index (χ0v) is 13.1. The number of carbonyl (C=O) groups is 1. The van der Waals surface area contributed by atoms with E-state index in [1.54, 1.807) is 0 Å². The first-order valence-electron chi connectivity index (χ1n) is 8.08. The molecule has 2 N–H and O–H groups in total. The summed E-state index contributed by atoms with van der Waals surface area (Å²) >= 11 is 0. The van der Waals surface area contributed by atoms with Crippen LogP contribution in [0.1, 0.15) is 31.2 Å². The van der Waals surface area contributed by atoms with Gasteiger partial charge in [-0.3, -0.25) is 4.79 Å². The number of amides is 1. The van der Waals surface area contributed by atoms with Crippen molar-refractivity contribution in [3.05, 3.63) is 18.0 Å². The van der Waals surface area contributed by atoms with Crippen molar-refractivity contribution in [3.8, 4) is 0 Å². The predicted octanol–water partition coefficient (Wildman–Crippen LogP) is 1.28. The third-order valence-corrected chi connectivity index (χ3v) is 4.81. The van der Waals surface area contributed by atoms with Crippen LogP contribution in [0, 0.1) is 18.8 Å². The van der Waals surface area contributed by atoms with E-state index in [9.17, 15) is 4.79 Å². The number of primary amides is 1. The van der Waals surface area contributed by atoms with Crippen LogP contribution in [0.3, 0.4) is 0 Å². The van der Waals surface area contributed by atoms with E-state index in [0.717, 1.165) is 50.3 Å². The van der Waals surface area contributed by atoms with Crippen molar-refractivity contribution >= 4 is 11.9 Å². The van der Waals surface area contributed by atoms with Crippen molar-refractivity contribution in [2.75, 3.05) is 24.6 Å². The molecule has 2 aliphatic heterocycles. The Kier molecular flexibility index (Phi) is 4.57. The molecule has 2 aliphatic rings. The van der Waals surface area contributed by atoms with Gasteiger partial charge in [-0.25, -0.2) is 9.97 Å². The lowest BCUT2D eigenvalue weighted by Crippen LogP contribution is -2.37. The Hall–Kier alpha value is -1.69. The molecule has 1 aromatic heterocycles. The number of nitrogens with zero attached hydrogens (tertiary/aromatic N) is 3. The summed E-state index contributed by atoms with van der Waals surface area (Å²) in [6.45, 7) is 4.57. The highest BCUT2D eigenvalue weighted by atomic mass is 16.5. The zero-order chi connectivity index (χ0) is 15.5. The monoisotopic (exact) mass is 304 g/mol. The second-order valence-electron chi connectivity index (χ2n) is 6.43. The summed E-state index contributed by atoms with van der Waals surface area (Å²) in [5, 5.41) is 0. The van der Waals surface area contributed by atoms with Gasteiger partial charge < -0.3 is 15.4 Å². The maximum Gasteiger partial charge on any atom is 0.225 e. The Labute approximate surface area is 131 Å². The first-order chi connectivity index (χ1) is 10.6. The number of nitrogens with two attached hydrogens (primary N) is 1. The molecule has 2 atom stereocenters. The van der Waals surface area contributed by atoms with Crippen molar-refractivity contribution in [1.29, 1.82) is 0 Å². The summed E-state index contributed by atoms with van der Waals surface area (Å²) in [6.07, 6.45) is 7.62. The summed E-state index contributed by atoms with van der Waals surface area (Å²) in [7, 11) is 0. The van der Waals surface area contributed by atoms with Gasteiger partial charge in [0, 0.05) is 32.1 Å². The van der Waals surface area contributed by atoms with E-state index in [1.807, 2.05) is 19.3 Å². The van der Waals surface area contributed by atoms with Gasteiger partial charge in [-0.2, -0.15) is 0 Å². The topological polar surface area (TPSA) is 81.3 Å². The van der Waals surface area contributed by atoms with Crippen LogP contribution >= 0.6 is 0 Å². The molecule has 3 rings (SSSR count). The minimum absolute atomic E-state index is 0.0182. The smallest absolute Gasteiger partial charge is 0.225 e. The summed E-state index contributed by atoms with van der Waals surface area (Å²) in [5.74, 6) is 1.09. The van der Waals surface area contributed by atoms with Crippen LogP contribution in [-0.4, -0.2) is 41.7 Å². The van der Waals surface area contributed by atoms with Crippen LogP contribution in [0.5, 0.6) is 0 Å². The fraction of sp³-hybridized carbons (Fsp3) is 0.688. The van der Waals surface area contributed by atoms with E-state index in [4.69, 9.17) is 10.5 Å². The lowest BCUT2D eigenvalue weighted by atomic mass is 9.86. The Morgan fingerprint density at radius 2 is 2.00 bits per heavy atom. The average molecular weight is 304 g/mol. The highest BCUT2D eigenvalue weighted by Crippen LogP contribution is 2.31. The molecule has 0 spiro atoms. The molecule has 0 bridgehead atoms. The van der Waals surface area contributed by atoms with E-state index < -0.39 is 0 Å². The lowest BCUT2D eigenvalue weighted by molar-refractivity contribution is -0.123. The molecule has 0 aliphatic carbocycles. The number of hydrogen-bond donors (Lipinski definition) is 1. The zero-order valence-electron chi connectivity index (χ0n) is 13.1. The van der Waals surface area contributed by atoms with E-state index in [0.29, 0.717) is 12.5 Å². The molecule has 3 heterocycles. The number of rotatable bonds is 4. The third kappa shape index (κ3) is 3.38. The fourth-order valence-corrected chi connectivity index (χ4v) is 3.45. The molecule has 1 aromatic rings. The molecule has 6 nitrogen and oxygen atoms in total. The maximum absolute atomic E-state index is 11.4. The molecular formula is C16H24N4O2. The lowest BCUT2D eigenvalue weighted by Gasteiger charge is -2.33. The first kappa shape index (κ1) is 15.2. The molecule has 2 saturated heterocycles. The Bertz CT molecular complexity index is 511. The number of ether oxygens (including phenoxy) is 1. The van der Waals surface area contributed by atoms with Crippen LogP contribution < -0.4 is 10.6 Å². The second kappa shape index (κ2) is 6.60. The van der Waals surface area contributed by atoms with Gasteiger partial charge in [0.2, 0.25) is 11.9 Å². The number of aryl methyl sites for hydroxylation is 1. The molecule has 1 amide bonds. The van der Waals surface area contributed by atoms with Crippen LogP contribution in [0.25, 0.3) is 0 Å². The molecule has 2 fully saturated rings. The number of carbonyl (C=O) groups excluding carboxylic acids is 1. The van der Waals surface area contributed by atoms with Crippen LogP contribution in [0.2, 0.25) is 0 Å². The molecule has 0 radical (unpaired) electrons. The minimum Gasteiger partial charge on any atom is -0.377 e. The van der Waals surface area contributed by atoms with Gasteiger partial charge in [-0.1, -0.05) is 0 Å². The van der Waals surface area contributed by atoms with Gasteiger partial charge in [-0.05, 0) is 44.1 Å². The van der Waals surface area contributed by atoms with Gasteiger partial charge in [-0.15, -0.1) is 0 Å². The molecule has 22 heavy (non-hydrogen) atoms. The van der Waals surface area contributed by atoms with Crippen molar-refractivity contribution in [3.63, 3.8) is 0 Å². The minimum atomic E-state index is -0.215. The Balaban J connectivity index is 1.51. The molecular weight excluding hydrogens is 280 g/mol. The average Bonchev–Trinajstić information content (AvgIpc) is 2.97. The summed E-state index contributed by atoms with van der Waals surface area (Å²) in [4.78, 5) is 22.5. The van der Waals surface area contributed by atoms with Gasteiger partial charge in [0.15, 0.2) is 0 Å². The van der Waals surface area contributed by atoms with E-state index >= 15 is 0 Å². The predicted molar refractivity (Wildman–Crippen MR) is 83.4 cm³/mol. The maximum atomic E-state index is 11.4. The quantitative estimate of drug-likeness (QED) is 0.906. The number of piperidine rings is 1. The molecule has 6 heteroatoms. The summed E-state index contributed by atoms with van der Waals surface area (Å²) in [5.41, 5.74) is 6.54. The number of hydrogen-bond acceptors (Lipinski definition) is 5. The van der Waals surface area contributed by atoms with E-state index in [-0.39, 0.29) is 17.9 Å². The van der Waals surface area contributed by atoms with Crippen LogP contribution in [0.4, 0.5) is 5.95 Å². The SMILES string of the molecule is Cc1cnc(N2CCC(C[C@H]3OCC[C@H]3C(N)=O)CC2)nc1. The summed E-state index contributed by atoms with van der Waals surface area (Å²) < 4.78 is 5.72. The first-order valence-corrected chi connectivity index (χ1v) is 8.08. The molecule has 0 unspecified atom stereocenters. The van der Waals surface area contributed by atoms with Gasteiger partial charge in [0.25, 0.3) is 0 Å². The highest BCUT2D eigenvalue weighted by molar-refractivity contribution is 5.77. The summed E-state index contributed by atoms with van der Waals surface area (Å²) in [6, 6.07) is 0. The number of aromatic nitrogens is 2. The largest absolute Gasteiger partial charge is 0.377 e. The highest BCUT2D eigenvalue weighted by Gasteiger charge is 2.35. The molecule has 120 valence electrons. The molecule has 0 aromatic carbocycles. The van der Waals surface area contributed by atoms with Crippen molar-refractivity contribution in [1.82, 2.24) is 9.97 Å². The number of anilines is 1. The van der Waals surface area contributed by atoms with Crippen LogP contribution in [0.15, 0.2) is 12.4 Å². The van der Waals surface area contributed by atoms with E-state index in [2.05, 4.69) is 14.9 Å². The van der Waals surface area contributed by atoms with Crippen LogP contribution in [-0.2, 0) is 9.53 Å². The van der Waals surface area contributed by atoms with Gasteiger partial charge in [0.05, 0.1) is 12.0 Å². The third-order valence-electron chi connectivity index (χ3n) is 4.81. The van der Waals surface area contributed by atoms with Gasteiger partial charge in [0.1, 0.15) is 0 Å². The van der Waals surface area contributed by atoms with Gasteiger partial charge >= 0.3 is 0 Å². The van der Waals surface area contributed by atoms with E-state index in [1.165, 1.54) is 0 Å². The van der Waals surface area contributed by atoms with Crippen molar-refractivity contribution in [2.24, 2.45) is 17.6 Å². The van der Waals surface area contributed by atoms with Crippen molar-refractivity contribution in [2.45, 2.75) is 38.7 Å². The Morgan fingerprint density at radius 1 is 1.32 bits per heavy atom. The second-order valence-corrected chi connectivity index (χ2v) is 6.43.